The summed E-state index contributed by atoms with van der Waals surface area (Å²) >= 11 is 0. The smallest absolute Gasteiger partial charge is 0.265 e. The predicted molar refractivity (Wildman–Crippen MR) is 150 cm³/mol. The van der Waals surface area contributed by atoms with Crippen LogP contribution in [-0.2, 0) is 10.0 Å². The van der Waals surface area contributed by atoms with Gasteiger partial charge in [0.05, 0.1) is 5.52 Å². The number of nitrogens with zero attached hydrogens (tertiary/aromatic N) is 2. The van der Waals surface area contributed by atoms with Crippen LogP contribution in [0.25, 0.3) is 33.2 Å². The van der Waals surface area contributed by atoms with Crippen molar-refractivity contribution < 1.29 is 13.2 Å². The third kappa shape index (κ3) is 4.72. The van der Waals surface area contributed by atoms with Gasteiger partial charge in [0.2, 0.25) is 5.91 Å². The second kappa shape index (κ2) is 9.49. The Kier molecular flexibility index (Phi) is 6.17. The van der Waals surface area contributed by atoms with Gasteiger partial charge in [-0.3, -0.25) is 9.52 Å². The van der Waals surface area contributed by atoms with Gasteiger partial charge in [0.1, 0.15) is 16.5 Å². The van der Waals surface area contributed by atoms with Gasteiger partial charge in [-0.15, -0.1) is 0 Å². The van der Waals surface area contributed by atoms with E-state index in [4.69, 9.17) is 17.2 Å². The monoisotopic (exact) mass is 524 g/mol. The minimum atomic E-state index is -3.98. The number of primary amides is 1. The summed E-state index contributed by atoms with van der Waals surface area (Å²) in [6.07, 6.45) is 1.52. The molecule has 0 bridgehead atoms. The van der Waals surface area contributed by atoms with E-state index < -0.39 is 15.9 Å². The Morgan fingerprint density at radius 3 is 2.32 bits per heavy atom. The zero-order valence-corrected chi connectivity index (χ0v) is 21.2. The summed E-state index contributed by atoms with van der Waals surface area (Å²) < 4.78 is 28.7. The number of aryl methyl sites for hydroxylation is 1. The van der Waals surface area contributed by atoms with Gasteiger partial charge in [-0.25, -0.2) is 18.4 Å². The molecular weight excluding hydrogens is 500 g/mol. The summed E-state index contributed by atoms with van der Waals surface area (Å²) in [5.41, 5.74) is 22.6. The molecule has 190 valence electrons. The molecule has 0 aliphatic carbocycles. The highest BCUT2D eigenvalue weighted by Crippen LogP contribution is 2.33. The maximum atomic E-state index is 13.1. The molecule has 5 rings (SSSR count). The largest absolute Gasteiger partial charge is 0.383 e. The van der Waals surface area contributed by atoms with Crippen molar-refractivity contribution in [2.75, 3.05) is 16.2 Å². The minimum Gasteiger partial charge on any atom is -0.383 e. The van der Waals surface area contributed by atoms with Crippen molar-refractivity contribution in [3.8, 4) is 22.3 Å². The van der Waals surface area contributed by atoms with Crippen LogP contribution in [0, 0.1) is 6.92 Å². The van der Waals surface area contributed by atoms with Crippen molar-refractivity contribution in [3.05, 3.63) is 96.2 Å². The first-order chi connectivity index (χ1) is 18.1. The number of para-hydroxylation sites is 1. The predicted octanol–water partition coefficient (Wildman–Crippen LogP) is 4.34. The summed E-state index contributed by atoms with van der Waals surface area (Å²) in [6.45, 7) is 1.81. The third-order valence-electron chi connectivity index (χ3n) is 6.19. The van der Waals surface area contributed by atoms with Crippen LogP contribution in [0.4, 0.5) is 17.3 Å². The van der Waals surface area contributed by atoms with Crippen molar-refractivity contribution in [1.29, 1.82) is 0 Å². The lowest BCUT2D eigenvalue weighted by atomic mass is 9.97. The van der Waals surface area contributed by atoms with Crippen LogP contribution in [0.2, 0.25) is 0 Å². The van der Waals surface area contributed by atoms with Crippen LogP contribution >= 0.6 is 0 Å². The van der Waals surface area contributed by atoms with Crippen molar-refractivity contribution >= 4 is 44.2 Å². The van der Waals surface area contributed by atoms with Crippen LogP contribution in [0.3, 0.4) is 0 Å². The molecule has 0 saturated heterocycles. The molecular formula is C28H24N6O3S. The van der Waals surface area contributed by atoms with Gasteiger partial charge in [-0.2, -0.15) is 0 Å². The first-order valence-corrected chi connectivity index (χ1v) is 13.1. The molecule has 10 heteroatoms. The number of hydrogen-bond acceptors (Lipinski definition) is 7. The number of carbonyl (C=O) groups excluding carboxylic acids is 1. The lowest BCUT2D eigenvalue weighted by Crippen LogP contribution is -2.15. The first kappa shape index (κ1) is 24.7. The van der Waals surface area contributed by atoms with Gasteiger partial charge in [0.25, 0.3) is 10.0 Å². The van der Waals surface area contributed by atoms with Gasteiger partial charge in [0.15, 0.2) is 0 Å². The van der Waals surface area contributed by atoms with Crippen molar-refractivity contribution in [2.45, 2.75) is 11.8 Å². The molecule has 2 heterocycles. The Balaban J connectivity index is 1.57. The number of benzene rings is 3. The number of aromatic nitrogens is 2. The molecule has 0 aliphatic rings. The van der Waals surface area contributed by atoms with Crippen LogP contribution in [0.5, 0.6) is 0 Å². The summed E-state index contributed by atoms with van der Waals surface area (Å²) in [4.78, 5) is 20.4. The normalized spacial score (nSPS) is 11.4. The number of amides is 1. The maximum absolute atomic E-state index is 13.1. The molecule has 38 heavy (non-hydrogen) atoms. The number of rotatable bonds is 6. The minimum absolute atomic E-state index is 0.112. The van der Waals surface area contributed by atoms with E-state index in [1.165, 1.54) is 12.3 Å². The van der Waals surface area contributed by atoms with E-state index in [0.717, 1.165) is 10.9 Å². The average Bonchev–Trinajstić information content (AvgIpc) is 2.89. The Morgan fingerprint density at radius 2 is 1.58 bits per heavy atom. The number of hydrogen-bond donors (Lipinski definition) is 4. The van der Waals surface area contributed by atoms with Crippen LogP contribution in [0.1, 0.15) is 15.9 Å². The Hall–Kier alpha value is -4.96. The molecule has 0 atom stereocenters. The number of sulfonamides is 1. The van der Waals surface area contributed by atoms with Crippen molar-refractivity contribution in [1.82, 2.24) is 9.97 Å². The van der Waals surface area contributed by atoms with E-state index in [9.17, 15) is 13.2 Å². The number of nitrogens with two attached hydrogens (primary N) is 3. The molecule has 2 aromatic heterocycles. The number of anilines is 3. The van der Waals surface area contributed by atoms with E-state index in [1.54, 1.807) is 54.6 Å². The van der Waals surface area contributed by atoms with Crippen molar-refractivity contribution in [3.63, 3.8) is 0 Å². The fourth-order valence-electron chi connectivity index (χ4n) is 4.20. The molecule has 0 radical (unpaired) electrons. The maximum Gasteiger partial charge on any atom is 0.265 e. The molecule has 0 unspecified atom stereocenters. The van der Waals surface area contributed by atoms with Gasteiger partial charge >= 0.3 is 0 Å². The van der Waals surface area contributed by atoms with Crippen molar-refractivity contribution in [2.24, 2.45) is 5.73 Å². The fourth-order valence-corrected chi connectivity index (χ4v) is 5.37. The lowest BCUT2D eigenvalue weighted by Gasteiger charge is -2.13. The first-order valence-electron chi connectivity index (χ1n) is 11.6. The van der Waals surface area contributed by atoms with E-state index in [-0.39, 0.29) is 10.7 Å². The van der Waals surface area contributed by atoms with Crippen LogP contribution in [-0.4, -0.2) is 24.3 Å². The van der Waals surface area contributed by atoms with Gasteiger partial charge in [0, 0.05) is 34.0 Å². The number of nitrogen functional groups attached to an aromatic ring is 2. The fraction of sp³-hybridized carbons (Fsp3) is 0.0357. The summed E-state index contributed by atoms with van der Waals surface area (Å²) in [5.74, 6) is -0.333. The number of pyridine rings is 2. The van der Waals surface area contributed by atoms with Gasteiger partial charge < -0.3 is 17.2 Å². The molecule has 5 aromatic rings. The molecule has 1 amide bonds. The van der Waals surface area contributed by atoms with Crippen LogP contribution in [0.15, 0.2) is 90.0 Å². The molecule has 0 fully saturated rings. The summed E-state index contributed by atoms with van der Waals surface area (Å²) in [5, 5.41) is 0.761. The zero-order chi connectivity index (χ0) is 27.0. The molecule has 3 aromatic carbocycles. The average molecular weight is 525 g/mol. The Labute approximate surface area is 219 Å². The number of nitrogens with one attached hydrogen (secondary N) is 1. The Morgan fingerprint density at radius 1 is 0.842 bits per heavy atom. The summed E-state index contributed by atoms with van der Waals surface area (Å²) in [7, 11) is -3.98. The van der Waals surface area contributed by atoms with Gasteiger partial charge in [-0.05, 0) is 66.1 Å². The van der Waals surface area contributed by atoms with E-state index in [2.05, 4.69) is 14.7 Å². The number of carbonyl (C=O) groups is 1. The second-order valence-corrected chi connectivity index (χ2v) is 10.5. The Bertz CT molecular complexity index is 1820. The van der Waals surface area contributed by atoms with Gasteiger partial charge in [-0.1, -0.05) is 36.4 Å². The lowest BCUT2D eigenvalue weighted by molar-refractivity contribution is 0.0999. The molecule has 9 nitrogen and oxygen atoms in total. The molecule has 0 spiro atoms. The topological polar surface area (TPSA) is 167 Å². The summed E-state index contributed by atoms with van der Waals surface area (Å²) in [6, 6.07) is 22.7. The van der Waals surface area contributed by atoms with E-state index in [0.29, 0.717) is 44.8 Å². The molecule has 0 aliphatic heterocycles. The SMILES string of the molecule is Cc1ccc(-c2cc3cc(-c4cnc(N)c(S(=O)(=O)Nc5ccccc5)c4)ccc3nc2N)cc1C(N)=O. The highest BCUT2D eigenvalue weighted by molar-refractivity contribution is 7.92. The zero-order valence-electron chi connectivity index (χ0n) is 20.3. The van der Waals surface area contributed by atoms with E-state index in [1.807, 2.05) is 25.1 Å². The standard InChI is InChI=1S/C28H24N6O3S/c1-16-7-8-18(12-22(16)28(31)35)23-13-19-11-17(9-10-24(19)33-26(23)29)20-14-25(27(30)32-15-20)38(36,37)34-21-5-3-2-4-6-21/h2-15,34H,1H3,(H2,29,33)(H2,30,32)(H2,31,35). The quantitative estimate of drug-likeness (QED) is 0.256. The second-order valence-electron chi connectivity index (χ2n) is 8.80. The molecule has 0 saturated carbocycles. The molecule has 7 N–H and O–H groups in total. The highest BCUT2D eigenvalue weighted by atomic mass is 32.2. The number of fused-ring (bicyclic) bond motifs is 1. The van der Waals surface area contributed by atoms with Crippen LogP contribution < -0.4 is 21.9 Å². The van der Waals surface area contributed by atoms with E-state index >= 15 is 0 Å². The third-order valence-corrected chi connectivity index (χ3v) is 7.60. The highest BCUT2D eigenvalue weighted by Gasteiger charge is 2.20.